The maximum atomic E-state index is 11.9. The standard InChI is InChI=1S/C15H23NO4S/c1-4-21-13(15(18)20-3)12(14(17)19-2)10-16-11-8-6-5-7-9-11/h11,13H,4-9H2,1-3H3. The maximum Gasteiger partial charge on any atom is 0.344 e. The summed E-state index contributed by atoms with van der Waals surface area (Å²) in [5.74, 6) is 2.40. The van der Waals surface area contributed by atoms with Crippen molar-refractivity contribution in [1.82, 2.24) is 0 Å². The maximum absolute atomic E-state index is 11.9. The second kappa shape index (κ2) is 9.64. The van der Waals surface area contributed by atoms with E-state index in [-0.39, 0.29) is 11.6 Å². The molecule has 118 valence electrons. The van der Waals surface area contributed by atoms with Crippen LogP contribution in [0.4, 0.5) is 0 Å². The van der Waals surface area contributed by atoms with Gasteiger partial charge in [0.25, 0.3) is 0 Å². The molecule has 0 spiro atoms. The first-order valence-corrected chi connectivity index (χ1v) is 8.29. The van der Waals surface area contributed by atoms with Gasteiger partial charge in [-0.05, 0) is 24.5 Å². The van der Waals surface area contributed by atoms with Gasteiger partial charge in [-0.3, -0.25) is 4.79 Å². The van der Waals surface area contributed by atoms with E-state index in [0.29, 0.717) is 5.75 Å². The molecule has 0 heterocycles. The van der Waals surface area contributed by atoms with Crippen molar-refractivity contribution in [1.29, 1.82) is 0 Å². The largest absolute Gasteiger partial charge is 0.468 e. The van der Waals surface area contributed by atoms with E-state index < -0.39 is 17.2 Å². The highest BCUT2D eigenvalue weighted by Crippen LogP contribution is 2.22. The normalized spacial score (nSPS) is 16.5. The molecule has 0 aromatic carbocycles. The molecule has 1 unspecified atom stereocenters. The molecule has 5 nitrogen and oxygen atoms in total. The first-order valence-electron chi connectivity index (χ1n) is 7.24. The van der Waals surface area contributed by atoms with Gasteiger partial charge in [0.2, 0.25) is 0 Å². The average Bonchev–Trinajstić information content (AvgIpc) is 2.53. The van der Waals surface area contributed by atoms with E-state index in [1.54, 1.807) is 0 Å². The number of thioether (sulfide) groups is 1. The van der Waals surface area contributed by atoms with Gasteiger partial charge < -0.3 is 9.47 Å². The van der Waals surface area contributed by atoms with E-state index in [9.17, 15) is 9.59 Å². The van der Waals surface area contributed by atoms with Gasteiger partial charge in [-0.25, -0.2) is 9.79 Å². The lowest BCUT2D eigenvalue weighted by atomic mass is 9.96. The van der Waals surface area contributed by atoms with Crippen LogP contribution >= 0.6 is 11.8 Å². The van der Waals surface area contributed by atoms with Gasteiger partial charge in [-0.1, -0.05) is 26.2 Å². The number of hydrogen-bond acceptors (Lipinski definition) is 6. The predicted molar refractivity (Wildman–Crippen MR) is 83.8 cm³/mol. The van der Waals surface area contributed by atoms with Gasteiger partial charge in [-0.15, -0.1) is 11.8 Å². The van der Waals surface area contributed by atoms with Crippen LogP contribution in [0, 0.1) is 0 Å². The molecule has 0 amide bonds. The van der Waals surface area contributed by atoms with Crippen LogP contribution in [0.1, 0.15) is 39.0 Å². The third kappa shape index (κ3) is 5.56. The van der Waals surface area contributed by atoms with Crippen LogP contribution < -0.4 is 0 Å². The Labute approximate surface area is 130 Å². The Morgan fingerprint density at radius 2 is 1.90 bits per heavy atom. The monoisotopic (exact) mass is 313 g/mol. The zero-order valence-corrected chi connectivity index (χ0v) is 13.7. The Morgan fingerprint density at radius 3 is 2.43 bits per heavy atom. The molecule has 6 heteroatoms. The zero-order chi connectivity index (χ0) is 15.7. The van der Waals surface area contributed by atoms with Gasteiger partial charge in [0.15, 0.2) is 0 Å². The molecule has 0 aromatic heterocycles. The average molecular weight is 313 g/mol. The Kier molecular flexibility index (Phi) is 8.16. The van der Waals surface area contributed by atoms with Crippen molar-refractivity contribution in [2.45, 2.75) is 50.3 Å². The zero-order valence-electron chi connectivity index (χ0n) is 12.9. The summed E-state index contributed by atoms with van der Waals surface area (Å²) in [6, 6.07) is 0.184. The summed E-state index contributed by atoms with van der Waals surface area (Å²) in [6.07, 6.45) is 5.54. The van der Waals surface area contributed by atoms with Crippen LogP contribution in [0.15, 0.2) is 10.6 Å². The Balaban J connectivity index is 3.03. The summed E-state index contributed by atoms with van der Waals surface area (Å²) in [5, 5.41) is -0.736. The first-order chi connectivity index (χ1) is 10.1. The molecule has 0 radical (unpaired) electrons. The molecule has 0 aliphatic heterocycles. The van der Waals surface area contributed by atoms with E-state index in [1.165, 1.54) is 32.4 Å². The highest BCUT2D eigenvalue weighted by molar-refractivity contribution is 8.00. The first kappa shape index (κ1) is 17.8. The minimum atomic E-state index is -0.736. The number of carbonyl (C=O) groups is 2. The number of hydrogen-bond donors (Lipinski definition) is 0. The number of carbonyl (C=O) groups excluding carboxylic acids is 2. The molecule has 1 aliphatic carbocycles. The summed E-state index contributed by atoms with van der Waals surface area (Å²) < 4.78 is 9.52. The van der Waals surface area contributed by atoms with Crippen LogP contribution in [0.25, 0.3) is 0 Å². The van der Waals surface area contributed by atoms with E-state index in [2.05, 4.69) is 10.9 Å². The molecule has 1 atom stereocenters. The fraction of sp³-hybridized carbons (Fsp3) is 0.733. The van der Waals surface area contributed by atoms with E-state index in [1.807, 2.05) is 6.92 Å². The smallest absolute Gasteiger partial charge is 0.344 e. The minimum absolute atomic E-state index is 0.141. The second-order valence-corrected chi connectivity index (χ2v) is 6.18. The summed E-state index contributed by atoms with van der Waals surface area (Å²) in [7, 11) is 2.59. The van der Waals surface area contributed by atoms with Gasteiger partial charge in [0.05, 0.1) is 20.3 Å². The molecule has 0 saturated heterocycles. The third-order valence-corrected chi connectivity index (χ3v) is 4.45. The van der Waals surface area contributed by atoms with Crippen LogP contribution in [-0.4, -0.2) is 49.1 Å². The minimum Gasteiger partial charge on any atom is -0.468 e. The van der Waals surface area contributed by atoms with Crippen LogP contribution in [0.3, 0.4) is 0 Å². The number of aliphatic imine (C=N–C) groups is 1. The topological polar surface area (TPSA) is 65.0 Å². The van der Waals surface area contributed by atoms with Crippen molar-refractivity contribution in [3.8, 4) is 0 Å². The Bertz CT molecular complexity index is 423. The van der Waals surface area contributed by atoms with Crippen LogP contribution in [-0.2, 0) is 19.1 Å². The van der Waals surface area contributed by atoms with Crippen LogP contribution in [0.2, 0.25) is 0 Å². The van der Waals surface area contributed by atoms with Crippen LogP contribution in [0.5, 0.6) is 0 Å². The van der Waals surface area contributed by atoms with Gasteiger partial charge in [0.1, 0.15) is 10.8 Å². The summed E-state index contributed by atoms with van der Waals surface area (Å²) in [4.78, 5) is 28.1. The summed E-state index contributed by atoms with van der Waals surface area (Å²) in [6.45, 7) is 1.91. The van der Waals surface area contributed by atoms with Gasteiger partial charge in [0, 0.05) is 0 Å². The quantitative estimate of drug-likeness (QED) is 0.428. The number of rotatable bonds is 6. The molecule has 21 heavy (non-hydrogen) atoms. The van der Waals surface area contributed by atoms with Gasteiger partial charge in [-0.2, -0.15) is 0 Å². The molecule has 1 rings (SSSR count). The van der Waals surface area contributed by atoms with E-state index >= 15 is 0 Å². The van der Waals surface area contributed by atoms with Crippen molar-refractivity contribution >= 4 is 29.6 Å². The predicted octanol–water partition coefficient (Wildman–Crippen LogP) is 2.38. The number of methoxy groups -OCH3 is 2. The summed E-state index contributed by atoms with van der Waals surface area (Å²) >= 11 is 1.31. The molecule has 0 bridgehead atoms. The lowest BCUT2D eigenvalue weighted by Crippen LogP contribution is -2.27. The van der Waals surface area contributed by atoms with Gasteiger partial charge >= 0.3 is 11.9 Å². The Hall–Kier alpha value is -1.26. The molecule has 1 fully saturated rings. The van der Waals surface area contributed by atoms with Crippen molar-refractivity contribution in [3.05, 3.63) is 5.57 Å². The number of nitrogens with zero attached hydrogens (tertiary/aromatic N) is 1. The molecular weight excluding hydrogens is 290 g/mol. The summed E-state index contributed by atoms with van der Waals surface area (Å²) in [5.41, 5.74) is 0.141. The lowest BCUT2D eigenvalue weighted by molar-refractivity contribution is -0.142. The number of esters is 2. The van der Waals surface area contributed by atoms with Crippen molar-refractivity contribution < 1.29 is 19.1 Å². The highest BCUT2D eigenvalue weighted by Gasteiger charge is 2.30. The number of ether oxygens (including phenoxy) is 2. The molecule has 0 aromatic rings. The van der Waals surface area contributed by atoms with Crippen molar-refractivity contribution in [2.24, 2.45) is 4.99 Å². The fourth-order valence-electron chi connectivity index (χ4n) is 2.24. The Morgan fingerprint density at radius 1 is 1.24 bits per heavy atom. The molecule has 1 saturated carbocycles. The fourth-order valence-corrected chi connectivity index (χ4v) is 3.12. The molecular formula is C15H23NO4S. The second-order valence-electron chi connectivity index (χ2n) is 4.80. The van der Waals surface area contributed by atoms with Crippen molar-refractivity contribution in [3.63, 3.8) is 0 Å². The lowest BCUT2D eigenvalue weighted by Gasteiger charge is -2.17. The molecule has 1 aliphatic rings. The van der Waals surface area contributed by atoms with E-state index in [0.717, 1.165) is 25.7 Å². The third-order valence-electron chi connectivity index (χ3n) is 3.36. The van der Waals surface area contributed by atoms with Crippen molar-refractivity contribution in [2.75, 3.05) is 20.0 Å². The highest BCUT2D eigenvalue weighted by atomic mass is 32.2. The molecule has 0 N–H and O–H groups in total. The van der Waals surface area contributed by atoms with E-state index in [4.69, 9.17) is 9.47 Å². The SMILES string of the molecule is CCSC(C(=O)OC)C(=C=NC1CCCCC1)C(=O)OC.